The van der Waals surface area contributed by atoms with Crippen LogP contribution in [0.15, 0.2) is 41.2 Å². The minimum Gasteiger partial charge on any atom is -0.326 e. The lowest BCUT2D eigenvalue weighted by molar-refractivity contribution is -0.118. The zero-order valence-electron chi connectivity index (χ0n) is 18.0. The molecule has 1 fully saturated rings. The van der Waals surface area contributed by atoms with Crippen LogP contribution >= 0.6 is 0 Å². The Hall–Kier alpha value is -3.23. The van der Waals surface area contributed by atoms with E-state index in [4.69, 9.17) is 0 Å². The first-order valence-corrected chi connectivity index (χ1v) is 10.7. The van der Waals surface area contributed by atoms with E-state index >= 15 is 0 Å². The number of fused-ring (bicyclic) bond motifs is 4. The van der Waals surface area contributed by atoms with E-state index < -0.39 is 23.6 Å². The fraction of sp³-hybridized carbons (Fsp3) is 0.435. The summed E-state index contributed by atoms with van der Waals surface area (Å²) >= 11 is 0. The third kappa shape index (κ3) is 4.37. The fourth-order valence-corrected chi connectivity index (χ4v) is 4.62. The molecule has 170 valence electrons. The van der Waals surface area contributed by atoms with Crippen molar-refractivity contribution in [3.63, 3.8) is 0 Å². The second kappa shape index (κ2) is 8.72. The normalized spacial score (nSPS) is 20.5. The zero-order valence-corrected chi connectivity index (χ0v) is 18.0. The van der Waals surface area contributed by atoms with Gasteiger partial charge in [0.2, 0.25) is 5.91 Å². The van der Waals surface area contributed by atoms with E-state index in [1.807, 2.05) is 6.07 Å². The van der Waals surface area contributed by atoms with Crippen molar-refractivity contribution in [1.82, 2.24) is 14.8 Å². The number of halogens is 2. The van der Waals surface area contributed by atoms with Gasteiger partial charge in [-0.25, -0.2) is 13.6 Å². The monoisotopic (exact) mass is 444 g/mol. The van der Waals surface area contributed by atoms with Crippen LogP contribution in [0.25, 0.3) is 0 Å². The molecule has 1 aromatic heterocycles. The van der Waals surface area contributed by atoms with Crippen molar-refractivity contribution in [3.8, 4) is 0 Å². The Kier molecular flexibility index (Phi) is 5.99. The number of piperidine rings is 1. The molecule has 2 bridgehead atoms. The van der Waals surface area contributed by atoms with Gasteiger partial charge < -0.3 is 20.1 Å². The number of carbonyl (C=O) groups excluding carboxylic acids is 2. The van der Waals surface area contributed by atoms with Crippen molar-refractivity contribution in [3.05, 3.63) is 64.1 Å². The van der Waals surface area contributed by atoms with Gasteiger partial charge >= 0.3 is 6.03 Å². The molecule has 0 radical (unpaired) electrons. The fourth-order valence-electron chi connectivity index (χ4n) is 4.62. The highest BCUT2D eigenvalue weighted by Crippen LogP contribution is 2.35. The summed E-state index contributed by atoms with van der Waals surface area (Å²) in [5, 5.41) is 5.34. The molecule has 1 aromatic carbocycles. The van der Waals surface area contributed by atoms with Crippen LogP contribution in [0.2, 0.25) is 0 Å². The predicted octanol–water partition coefficient (Wildman–Crippen LogP) is 2.92. The van der Waals surface area contributed by atoms with Crippen molar-refractivity contribution in [1.29, 1.82) is 0 Å². The number of hydrogen-bond acceptors (Lipinski definition) is 3. The Bertz CT molecular complexity index is 1100. The molecule has 2 unspecified atom stereocenters. The van der Waals surface area contributed by atoms with Crippen LogP contribution in [0.5, 0.6) is 0 Å². The van der Waals surface area contributed by atoms with Gasteiger partial charge in [0.1, 0.15) is 6.04 Å². The Morgan fingerprint density at radius 2 is 1.84 bits per heavy atom. The van der Waals surface area contributed by atoms with Crippen LogP contribution < -0.4 is 16.2 Å². The van der Waals surface area contributed by atoms with Crippen LogP contribution in [-0.2, 0) is 11.3 Å². The van der Waals surface area contributed by atoms with Gasteiger partial charge in [-0.05, 0) is 36.5 Å². The molecule has 7 nitrogen and oxygen atoms in total. The maximum Gasteiger partial charge on any atom is 0.318 e. The maximum absolute atomic E-state index is 13.5. The van der Waals surface area contributed by atoms with Gasteiger partial charge in [0, 0.05) is 49.1 Å². The zero-order chi connectivity index (χ0) is 23.0. The minimum absolute atomic E-state index is 0.0242. The first-order valence-electron chi connectivity index (χ1n) is 10.7. The van der Waals surface area contributed by atoms with Gasteiger partial charge in [0.25, 0.3) is 5.56 Å². The summed E-state index contributed by atoms with van der Waals surface area (Å²) in [6.45, 7) is 5.12. The highest BCUT2D eigenvalue weighted by molar-refractivity contribution is 5.97. The molecule has 2 aliphatic rings. The largest absolute Gasteiger partial charge is 0.326 e. The summed E-state index contributed by atoms with van der Waals surface area (Å²) in [7, 11) is 0. The molecule has 0 aliphatic carbocycles. The summed E-state index contributed by atoms with van der Waals surface area (Å²) in [5.41, 5.74) is 1.02. The second-order valence-electron chi connectivity index (χ2n) is 8.89. The van der Waals surface area contributed by atoms with Crippen LogP contribution in [0.1, 0.15) is 31.9 Å². The molecule has 2 aromatic rings. The van der Waals surface area contributed by atoms with E-state index in [0.717, 1.165) is 24.2 Å². The number of carbonyl (C=O) groups is 2. The molecule has 0 saturated carbocycles. The Balaban J connectivity index is 1.45. The van der Waals surface area contributed by atoms with Gasteiger partial charge in [0.15, 0.2) is 11.6 Å². The topological polar surface area (TPSA) is 83.4 Å². The molecule has 2 aliphatic heterocycles. The average molecular weight is 444 g/mol. The maximum atomic E-state index is 13.5. The van der Waals surface area contributed by atoms with Crippen LogP contribution in [-0.4, -0.2) is 40.5 Å². The number of anilines is 1. The van der Waals surface area contributed by atoms with Crippen molar-refractivity contribution < 1.29 is 18.4 Å². The lowest BCUT2D eigenvalue weighted by Gasteiger charge is -2.43. The van der Waals surface area contributed by atoms with Crippen LogP contribution in [0, 0.1) is 23.5 Å². The molecule has 3 atom stereocenters. The number of rotatable bonds is 4. The molecule has 4 rings (SSSR count). The van der Waals surface area contributed by atoms with Crippen molar-refractivity contribution in [2.45, 2.75) is 38.8 Å². The lowest BCUT2D eigenvalue weighted by Crippen LogP contribution is -2.56. The van der Waals surface area contributed by atoms with Gasteiger partial charge in [-0.15, -0.1) is 0 Å². The Morgan fingerprint density at radius 3 is 2.56 bits per heavy atom. The standard InChI is InChI=1S/C23H26F2N4O3/c1-13(2)21(22(31)26-16-6-7-17(24)18(25)9-16)27-23(32)28-10-14-8-15(12-28)19-4-3-5-20(30)29(19)11-14/h3-7,9,13-15,21H,8,10-12H2,1-2H3,(H,26,31)(H,27,32)/t14?,15?,21-/m0/s1. The van der Waals surface area contributed by atoms with Crippen molar-refractivity contribution in [2.75, 3.05) is 18.4 Å². The molecule has 32 heavy (non-hydrogen) atoms. The van der Waals surface area contributed by atoms with E-state index in [2.05, 4.69) is 10.6 Å². The molecule has 1 saturated heterocycles. The third-order valence-corrected chi connectivity index (χ3v) is 6.18. The number of nitrogens with one attached hydrogen (secondary N) is 2. The van der Waals surface area contributed by atoms with Gasteiger partial charge in [0.05, 0.1) is 0 Å². The van der Waals surface area contributed by atoms with E-state index in [9.17, 15) is 23.2 Å². The number of urea groups is 1. The smallest absolute Gasteiger partial charge is 0.318 e. The highest BCUT2D eigenvalue weighted by Gasteiger charge is 2.37. The van der Waals surface area contributed by atoms with Crippen molar-refractivity contribution in [2.24, 2.45) is 11.8 Å². The number of amides is 3. The Morgan fingerprint density at radius 1 is 1.06 bits per heavy atom. The Labute approximate surface area is 184 Å². The number of nitrogens with zero attached hydrogens (tertiary/aromatic N) is 2. The quantitative estimate of drug-likeness (QED) is 0.761. The number of likely N-dealkylation sites (tertiary alicyclic amines) is 1. The number of aromatic nitrogens is 1. The molecule has 2 N–H and O–H groups in total. The first kappa shape index (κ1) is 22.0. The van der Waals surface area contributed by atoms with Crippen LogP contribution in [0.4, 0.5) is 19.3 Å². The summed E-state index contributed by atoms with van der Waals surface area (Å²) in [6.07, 6.45) is 0.914. The summed E-state index contributed by atoms with van der Waals surface area (Å²) < 4.78 is 28.4. The molecule has 0 spiro atoms. The van der Waals surface area contributed by atoms with Gasteiger partial charge in [-0.1, -0.05) is 19.9 Å². The summed E-state index contributed by atoms with van der Waals surface area (Å²) in [4.78, 5) is 39.7. The molecule has 3 amide bonds. The van der Waals surface area contributed by atoms with E-state index in [0.29, 0.717) is 19.6 Å². The summed E-state index contributed by atoms with van der Waals surface area (Å²) in [6, 6.07) is 7.11. The lowest BCUT2D eigenvalue weighted by atomic mass is 9.83. The predicted molar refractivity (Wildman–Crippen MR) is 115 cm³/mol. The minimum atomic E-state index is -1.06. The van der Waals surface area contributed by atoms with Gasteiger partial charge in [-0.2, -0.15) is 0 Å². The number of hydrogen-bond donors (Lipinski definition) is 2. The van der Waals surface area contributed by atoms with E-state index in [1.165, 1.54) is 6.07 Å². The number of pyridine rings is 1. The van der Waals surface area contributed by atoms with Crippen LogP contribution in [0.3, 0.4) is 0 Å². The average Bonchev–Trinajstić information content (AvgIpc) is 2.74. The molecular weight excluding hydrogens is 418 g/mol. The second-order valence-corrected chi connectivity index (χ2v) is 8.89. The molecule has 9 heteroatoms. The molecular formula is C23H26F2N4O3. The first-order chi connectivity index (χ1) is 15.2. The SMILES string of the molecule is CC(C)[C@H](NC(=O)N1CC2CC(C1)c1cccc(=O)n1C2)C(=O)Nc1ccc(F)c(F)c1. The molecule has 3 heterocycles. The van der Waals surface area contributed by atoms with Gasteiger partial charge in [-0.3, -0.25) is 9.59 Å². The highest BCUT2D eigenvalue weighted by atomic mass is 19.2. The summed E-state index contributed by atoms with van der Waals surface area (Å²) in [5.74, 6) is -2.57. The van der Waals surface area contributed by atoms with Crippen molar-refractivity contribution >= 4 is 17.6 Å². The van der Waals surface area contributed by atoms with E-state index in [1.54, 1.807) is 35.4 Å². The third-order valence-electron chi connectivity index (χ3n) is 6.18. The number of benzene rings is 1. The van der Waals surface area contributed by atoms with E-state index in [-0.39, 0.29) is 35.0 Å².